The van der Waals surface area contributed by atoms with Crippen molar-refractivity contribution in [1.82, 2.24) is 0 Å². The zero-order valence-electron chi connectivity index (χ0n) is 41.5. The van der Waals surface area contributed by atoms with Crippen molar-refractivity contribution in [2.75, 3.05) is 9.80 Å². The minimum Gasteiger partial charge on any atom is -0.310 e. The molecule has 0 spiro atoms. The lowest BCUT2D eigenvalue weighted by molar-refractivity contribution is 1.30. The Morgan fingerprint density at radius 3 is 0.929 bits per heavy atom. The number of hydrogen-bond acceptors (Lipinski definition) is 2. The van der Waals surface area contributed by atoms with E-state index in [2.05, 4.69) is 0 Å². The highest BCUT2D eigenvalue weighted by Gasteiger charge is 2.21. The van der Waals surface area contributed by atoms with Gasteiger partial charge in [0.1, 0.15) is 0 Å². The predicted molar refractivity (Wildman–Crippen MR) is 180 cm³/mol. The third-order valence-electron chi connectivity index (χ3n) is 6.94. The monoisotopic (exact) mass is 556 g/mol. The summed E-state index contributed by atoms with van der Waals surface area (Å²) in [5.41, 5.74) is -2.00. The quantitative estimate of drug-likeness (QED) is 0.188. The average molecular weight is 557 g/mol. The van der Waals surface area contributed by atoms with Crippen molar-refractivity contribution in [3.8, 4) is 0 Å². The Kier molecular flexibility index (Phi) is 2.73. The van der Waals surface area contributed by atoms with Gasteiger partial charge in [0.2, 0.25) is 0 Å². The van der Waals surface area contributed by atoms with Crippen molar-refractivity contribution in [2.24, 2.45) is 0 Å². The van der Waals surface area contributed by atoms with Gasteiger partial charge in [-0.3, -0.25) is 0 Å². The van der Waals surface area contributed by atoms with Crippen LogP contribution < -0.4 is 9.80 Å². The average Bonchev–Trinajstić information content (AvgIpc) is 3.27. The van der Waals surface area contributed by atoms with Crippen molar-refractivity contribution >= 4 is 66.4 Å². The fourth-order valence-electron chi connectivity index (χ4n) is 5.29. The van der Waals surface area contributed by atoms with Crippen LogP contribution >= 0.6 is 0 Å². The van der Waals surface area contributed by atoms with Crippen LogP contribution in [-0.2, 0) is 0 Å². The summed E-state index contributed by atoms with van der Waals surface area (Å²) in [6, 6.07) is -1.90. The van der Waals surface area contributed by atoms with Gasteiger partial charge in [-0.1, -0.05) is 109 Å². The van der Waals surface area contributed by atoms with Crippen LogP contribution in [0.3, 0.4) is 0 Å². The van der Waals surface area contributed by atoms with Crippen LogP contribution in [-0.4, -0.2) is 0 Å². The summed E-state index contributed by atoms with van der Waals surface area (Å²) in [4.78, 5) is 2.08. The molecule has 0 unspecified atom stereocenters. The summed E-state index contributed by atoms with van der Waals surface area (Å²) in [6.45, 7) is 0. The molecule has 198 valence electrons. The summed E-state index contributed by atoms with van der Waals surface area (Å²) in [5, 5.41) is 2.52. The molecule has 0 atom stereocenters. The van der Waals surface area contributed by atoms with Crippen molar-refractivity contribution in [2.45, 2.75) is 0 Å². The number of benzene rings is 8. The molecule has 0 amide bonds. The van der Waals surface area contributed by atoms with Crippen LogP contribution in [0.1, 0.15) is 27.4 Å². The second kappa shape index (κ2) is 10.1. The van der Waals surface area contributed by atoms with E-state index in [0.717, 1.165) is 9.80 Å². The molecule has 0 aliphatic carbocycles. The molecule has 0 aliphatic heterocycles. The van der Waals surface area contributed by atoms with Crippen LogP contribution in [0.4, 0.5) is 34.1 Å². The van der Waals surface area contributed by atoms with E-state index in [4.69, 9.17) is 27.4 Å². The van der Waals surface area contributed by atoms with E-state index in [1.807, 2.05) is 0 Å². The Morgan fingerprint density at radius 1 is 0.333 bits per heavy atom. The number of para-hydroxylation sites is 4. The van der Waals surface area contributed by atoms with Crippen LogP contribution in [0.25, 0.3) is 32.3 Å². The van der Waals surface area contributed by atoms with E-state index in [0.29, 0.717) is 21.5 Å². The molecule has 0 fully saturated rings. The minimum atomic E-state index is -0.749. The Morgan fingerprint density at radius 2 is 0.619 bits per heavy atom. The molecular weight excluding hydrogens is 508 g/mol. The summed E-state index contributed by atoms with van der Waals surface area (Å²) >= 11 is 0. The SMILES string of the molecule is [2H]c1c([2H])c([2H])c(N(c2c([2H])c([2H])c([2H])c([2H])c2[2H])c2ccc3ccc4c(N(c5c([2H])c([2H])c([2H])c([2H])c5[2H])c5c([2H])c([2H])c([2H])c([2H])c5[2H])ccc5ccc2c3c54)c([2H])c1[2H]. The molecule has 0 aromatic heterocycles. The summed E-state index contributed by atoms with van der Waals surface area (Å²) in [6.07, 6.45) is 0. The summed E-state index contributed by atoms with van der Waals surface area (Å²) < 4.78 is 173. The minimum absolute atomic E-state index is 0.0301. The van der Waals surface area contributed by atoms with Gasteiger partial charge in [0, 0.05) is 33.5 Å². The normalized spacial score (nSPS) is 18.0. The molecule has 0 N–H and O–H groups in total. The third kappa shape index (κ3) is 3.96. The Balaban J connectivity index is 1.54. The highest BCUT2D eigenvalue weighted by Crippen LogP contribution is 2.47. The lowest BCUT2D eigenvalue weighted by Crippen LogP contribution is -2.11. The smallest absolute Gasteiger partial charge is 0.0645 e. The van der Waals surface area contributed by atoms with Crippen molar-refractivity contribution in [1.29, 1.82) is 0 Å². The standard InChI is InChI=1S/C40H28N2/c1-5-13-31(14-6-1)41(32-15-7-2-8-16-32)37-27-23-29-22-26-36-38(28-24-30-21-25-35(37)39(29)40(30)36)42(33-17-9-3-10-18-33)34-19-11-4-12-20-34/h1-28H/i1D,2D,3D,4D,5D,6D,7D,8D,9D,10D,11D,12D,13D,14D,15D,16D,17D,18D,19D,20D. The third-order valence-corrected chi connectivity index (χ3v) is 6.94. The Bertz CT molecular complexity index is 2810. The van der Waals surface area contributed by atoms with Gasteiger partial charge in [0.05, 0.1) is 38.8 Å². The first-order valence-corrected chi connectivity index (χ1v) is 12.7. The topological polar surface area (TPSA) is 6.48 Å². The predicted octanol–water partition coefficient (Wildman–Crippen LogP) is 11.5. The molecule has 0 bridgehead atoms. The number of rotatable bonds is 6. The number of hydrogen-bond donors (Lipinski definition) is 0. The van der Waals surface area contributed by atoms with E-state index < -0.39 is 144 Å². The Hall–Kier alpha value is -5.60. The van der Waals surface area contributed by atoms with E-state index in [9.17, 15) is 0 Å². The molecule has 0 saturated carbocycles. The van der Waals surface area contributed by atoms with Gasteiger partial charge < -0.3 is 9.80 Å². The molecule has 42 heavy (non-hydrogen) atoms. The molecule has 2 heteroatoms. The summed E-state index contributed by atoms with van der Waals surface area (Å²) in [7, 11) is 0. The maximum atomic E-state index is 8.95. The van der Waals surface area contributed by atoms with Gasteiger partial charge in [-0.15, -0.1) is 0 Å². The highest BCUT2D eigenvalue weighted by molar-refractivity contribution is 6.28. The molecule has 8 aromatic rings. The van der Waals surface area contributed by atoms with E-state index in [1.54, 1.807) is 36.4 Å². The van der Waals surface area contributed by atoms with Gasteiger partial charge in [-0.2, -0.15) is 0 Å². The molecule has 0 radical (unpaired) electrons. The number of anilines is 6. The molecule has 0 heterocycles. The van der Waals surface area contributed by atoms with E-state index >= 15 is 0 Å². The van der Waals surface area contributed by atoms with E-state index in [1.165, 1.54) is 12.1 Å². The summed E-state index contributed by atoms with van der Waals surface area (Å²) in [5.74, 6) is 0. The zero-order chi connectivity index (χ0) is 45.3. The lowest BCUT2D eigenvalue weighted by Gasteiger charge is -2.29. The van der Waals surface area contributed by atoms with Crippen LogP contribution in [0.2, 0.25) is 0 Å². The first kappa shape index (κ1) is 11.3. The fraction of sp³-hybridized carbons (Fsp3) is 0. The lowest BCUT2D eigenvalue weighted by atomic mass is 9.91. The van der Waals surface area contributed by atoms with Gasteiger partial charge in [0.25, 0.3) is 0 Å². The highest BCUT2D eigenvalue weighted by atomic mass is 15.1. The largest absolute Gasteiger partial charge is 0.310 e. The van der Waals surface area contributed by atoms with Crippen molar-refractivity contribution in [3.63, 3.8) is 0 Å². The van der Waals surface area contributed by atoms with Gasteiger partial charge in [-0.25, -0.2) is 0 Å². The zero-order valence-corrected chi connectivity index (χ0v) is 21.5. The first-order chi connectivity index (χ1) is 29.1. The molecular formula is C40H28N2. The second-order valence-corrected chi connectivity index (χ2v) is 9.16. The van der Waals surface area contributed by atoms with Crippen molar-refractivity contribution < 1.29 is 27.4 Å². The molecule has 0 aliphatic rings. The molecule has 2 nitrogen and oxygen atoms in total. The van der Waals surface area contributed by atoms with Crippen LogP contribution in [0.15, 0.2) is 169 Å². The number of nitrogens with zero attached hydrogens (tertiary/aromatic N) is 2. The molecule has 8 rings (SSSR count). The maximum absolute atomic E-state index is 8.95. The van der Waals surface area contributed by atoms with Gasteiger partial charge in [-0.05, 0) is 82.0 Å². The van der Waals surface area contributed by atoms with E-state index in [-0.39, 0.29) is 22.1 Å². The molecule has 0 saturated heterocycles. The van der Waals surface area contributed by atoms with Crippen LogP contribution in [0.5, 0.6) is 0 Å². The second-order valence-electron chi connectivity index (χ2n) is 9.16. The van der Waals surface area contributed by atoms with Gasteiger partial charge in [0.15, 0.2) is 0 Å². The molecule has 8 aromatic carbocycles. The van der Waals surface area contributed by atoms with Crippen molar-refractivity contribution in [3.05, 3.63) is 169 Å². The first-order valence-electron chi connectivity index (χ1n) is 22.7. The maximum Gasteiger partial charge on any atom is 0.0645 e. The fourth-order valence-corrected chi connectivity index (χ4v) is 5.29. The van der Waals surface area contributed by atoms with Gasteiger partial charge >= 0.3 is 0 Å². The van der Waals surface area contributed by atoms with Crippen LogP contribution in [0, 0.1) is 0 Å². The Labute approximate surface area is 273 Å².